The summed E-state index contributed by atoms with van der Waals surface area (Å²) in [5.41, 5.74) is 2.13. The van der Waals surface area contributed by atoms with Crippen LogP contribution in [0.4, 0.5) is 5.82 Å². The van der Waals surface area contributed by atoms with E-state index < -0.39 is 0 Å². The molecule has 1 aromatic carbocycles. The van der Waals surface area contributed by atoms with Crippen molar-refractivity contribution in [1.82, 2.24) is 14.8 Å². The first-order valence-electron chi connectivity index (χ1n) is 5.91. The topological polar surface area (TPSA) is 42.7 Å². The normalized spacial score (nSPS) is 10.7. The van der Waals surface area contributed by atoms with Crippen LogP contribution in [-0.4, -0.2) is 21.8 Å². The quantitative estimate of drug-likeness (QED) is 0.762. The summed E-state index contributed by atoms with van der Waals surface area (Å²) in [5, 5.41) is 8.60. The number of rotatable bonds is 3. The minimum atomic E-state index is 0.684. The van der Waals surface area contributed by atoms with Crippen molar-refractivity contribution < 1.29 is 0 Å². The average Bonchev–Trinajstić information content (AvgIpc) is 2.83. The van der Waals surface area contributed by atoms with Crippen LogP contribution >= 0.6 is 0 Å². The number of hydrogen-bond acceptors (Lipinski definition) is 3. The van der Waals surface area contributed by atoms with Crippen molar-refractivity contribution in [3.63, 3.8) is 0 Å². The van der Waals surface area contributed by atoms with Gasteiger partial charge in [0.15, 0.2) is 0 Å². The molecule has 0 aliphatic carbocycles. The summed E-state index contributed by atoms with van der Waals surface area (Å²) in [6, 6.07) is 14.1. The molecule has 2 heterocycles. The first-order valence-corrected chi connectivity index (χ1v) is 5.91. The highest BCUT2D eigenvalue weighted by Crippen LogP contribution is 2.14. The Hall–Kier alpha value is -2.36. The number of anilines is 1. The lowest BCUT2D eigenvalue weighted by atomic mass is 10.2. The predicted octanol–water partition coefficient (Wildman–Crippen LogP) is 2.52. The molecule has 18 heavy (non-hydrogen) atoms. The molecule has 0 atom stereocenters. The van der Waals surface area contributed by atoms with Gasteiger partial charge in [0.05, 0.1) is 24.0 Å². The smallest absolute Gasteiger partial charge is 0.126 e. The highest BCUT2D eigenvalue weighted by atomic mass is 15.3. The van der Waals surface area contributed by atoms with Crippen LogP contribution in [0, 0.1) is 0 Å². The first kappa shape index (κ1) is 10.8. The molecule has 0 aliphatic heterocycles. The summed E-state index contributed by atoms with van der Waals surface area (Å²) in [6.45, 7) is 0.684. The number of hydrogen-bond donors (Lipinski definition) is 1. The Balaban J connectivity index is 1.96. The maximum absolute atomic E-state index is 4.50. The number of pyridine rings is 1. The second-order valence-electron chi connectivity index (χ2n) is 4.13. The second-order valence-corrected chi connectivity index (χ2v) is 4.13. The zero-order valence-corrected chi connectivity index (χ0v) is 10.2. The molecule has 3 rings (SSSR count). The number of para-hydroxylation sites is 1. The molecular weight excluding hydrogens is 224 g/mol. The maximum Gasteiger partial charge on any atom is 0.126 e. The first-order chi connectivity index (χ1) is 8.86. The third-order valence-corrected chi connectivity index (χ3v) is 2.93. The van der Waals surface area contributed by atoms with Crippen LogP contribution in [0.15, 0.2) is 48.7 Å². The van der Waals surface area contributed by atoms with Gasteiger partial charge >= 0.3 is 0 Å². The van der Waals surface area contributed by atoms with Crippen LogP contribution in [0.1, 0.15) is 5.69 Å². The molecule has 0 saturated heterocycles. The highest BCUT2D eigenvalue weighted by Gasteiger charge is 2.03. The Morgan fingerprint density at radius 1 is 1.11 bits per heavy atom. The molecule has 3 aromatic rings. The molecule has 2 aromatic heterocycles. The Labute approximate surface area is 105 Å². The van der Waals surface area contributed by atoms with Gasteiger partial charge < -0.3 is 5.32 Å². The van der Waals surface area contributed by atoms with E-state index in [4.69, 9.17) is 0 Å². The molecular formula is C14H14N4. The van der Waals surface area contributed by atoms with Gasteiger partial charge in [-0.3, -0.25) is 4.68 Å². The molecule has 4 nitrogen and oxygen atoms in total. The van der Waals surface area contributed by atoms with E-state index in [1.54, 1.807) is 0 Å². The molecule has 0 spiro atoms. The Morgan fingerprint density at radius 2 is 2.00 bits per heavy atom. The van der Waals surface area contributed by atoms with Crippen molar-refractivity contribution in [2.45, 2.75) is 6.54 Å². The summed E-state index contributed by atoms with van der Waals surface area (Å²) in [5.74, 6) is 0.879. The zero-order valence-electron chi connectivity index (χ0n) is 10.2. The molecule has 0 unspecified atom stereocenters. The monoisotopic (exact) mass is 238 g/mol. The van der Waals surface area contributed by atoms with Gasteiger partial charge in [0.2, 0.25) is 0 Å². The van der Waals surface area contributed by atoms with Gasteiger partial charge in [-0.1, -0.05) is 24.3 Å². The van der Waals surface area contributed by atoms with E-state index >= 15 is 0 Å². The molecule has 0 saturated carbocycles. The largest absolute Gasteiger partial charge is 0.373 e. The zero-order chi connectivity index (χ0) is 12.4. The summed E-state index contributed by atoms with van der Waals surface area (Å²) in [7, 11) is 1.87. The molecule has 4 heteroatoms. The predicted molar refractivity (Wildman–Crippen MR) is 72.6 cm³/mol. The van der Waals surface area contributed by atoms with Crippen molar-refractivity contribution >= 4 is 16.7 Å². The number of nitrogens with one attached hydrogen (secondary N) is 1. The van der Waals surface area contributed by atoms with Crippen LogP contribution in [0.3, 0.4) is 0 Å². The fourth-order valence-electron chi connectivity index (χ4n) is 2.01. The van der Waals surface area contributed by atoms with Crippen LogP contribution < -0.4 is 5.32 Å². The van der Waals surface area contributed by atoms with E-state index in [1.807, 2.05) is 48.3 Å². The fourth-order valence-corrected chi connectivity index (χ4v) is 2.01. The van der Waals surface area contributed by atoms with Crippen molar-refractivity contribution in [2.75, 3.05) is 12.4 Å². The minimum Gasteiger partial charge on any atom is -0.373 e. The molecule has 1 N–H and O–H groups in total. The molecule has 0 amide bonds. The Morgan fingerprint density at radius 3 is 2.89 bits per heavy atom. The molecule has 0 aliphatic rings. The number of fused-ring (bicyclic) bond motifs is 1. The number of aromatic nitrogens is 3. The van der Waals surface area contributed by atoms with Crippen molar-refractivity contribution in [1.29, 1.82) is 0 Å². The standard InChI is InChI=1S/C14H14N4/c1-15-14-8-4-6-12(17-14)10-18-13-7-3-2-5-11(13)9-16-18/h2-9H,10H2,1H3,(H,15,17). The van der Waals surface area contributed by atoms with Crippen molar-refractivity contribution in [3.05, 3.63) is 54.4 Å². The van der Waals surface area contributed by atoms with Gasteiger partial charge in [0.1, 0.15) is 5.82 Å². The number of benzene rings is 1. The lowest BCUT2D eigenvalue weighted by molar-refractivity contribution is 0.697. The lowest BCUT2D eigenvalue weighted by Gasteiger charge is -2.05. The van der Waals surface area contributed by atoms with Gasteiger partial charge in [-0.25, -0.2) is 4.98 Å². The summed E-state index contributed by atoms with van der Waals surface area (Å²) in [4.78, 5) is 4.50. The van der Waals surface area contributed by atoms with E-state index in [-0.39, 0.29) is 0 Å². The van der Waals surface area contributed by atoms with Crippen LogP contribution in [0.25, 0.3) is 10.9 Å². The van der Waals surface area contributed by atoms with E-state index in [2.05, 4.69) is 27.5 Å². The van der Waals surface area contributed by atoms with Crippen molar-refractivity contribution in [2.24, 2.45) is 0 Å². The van der Waals surface area contributed by atoms with Crippen LogP contribution in [0.5, 0.6) is 0 Å². The van der Waals surface area contributed by atoms with E-state index in [9.17, 15) is 0 Å². The number of nitrogens with zero attached hydrogens (tertiary/aromatic N) is 3. The molecule has 0 bridgehead atoms. The lowest BCUT2D eigenvalue weighted by Crippen LogP contribution is -2.04. The van der Waals surface area contributed by atoms with Crippen LogP contribution in [0.2, 0.25) is 0 Å². The SMILES string of the molecule is CNc1cccc(Cn2ncc3ccccc32)n1. The Kier molecular flexibility index (Phi) is 2.68. The van der Waals surface area contributed by atoms with Gasteiger partial charge in [-0.15, -0.1) is 0 Å². The van der Waals surface area contributed by atoms with E-state index in [1.165, 1.54) is 0 Å². The third-order valence-electron chi connectivity index (χ3n) is 2.93. The highest BCUT2D eigenvalue weighted by molar-refractivity contribution is 5.78. The van der Waals surface area contributed by atoms with Gasteiger partial charge in [-0.05, 0) is 18.2 Å². The molecule has 0 fully saturated rings. The van der Waals surface area contributed by atoms with Gasteiger partial charge in [0, 0.05) is 12.4 Å². The second kappa shape index (κ2) is 4.49. The summed E-state index contributed by atoms with van der Waals surface area (Å²) >= 11 is 0. The summed E-state index contributed by atoms with van der Waals surface area (Å²) < 4.78 is 1.97. The van der Waals surface area contributed by atoms with Crippen molar-refractivity contribution in [3.8, 4) is 0 Å². The third kappa shape index (κ3) is 1.93. The van der Waals surface area contributed by atoms with Crippen LogP contribution in [-0.2, 0) is 6.54 Å². The molecule has 90 valence electrons. The average molecular weight is 238 g/mol. The fraction of sp³-hybridized carbons (Fsp3) is 0.143. The minimum absolute atomic E-state index is 0.684. The maximum atomic E-state index is 4.50. The molecule has 0 radical (unpaired) electrons. The van der Waals surface area contributed by atoms with E-state index in [0.29, 0.717) is 6.54 Å². The van der Waals surface area contributed by atoms with E-state index in [0.717, 1.165) is 22.4 Å². The van der Waals surface area contributed by atoms with Gasteiger partial charge in [-0.2, -0.15) is 5.10 Å². The van der Waals surface area contributed by atoms with Gasteiger partial charge in [0.25, 0.3) is 0 Å². The Bertz CT molecular complexity index is 672. The summed E-state index contributed by atoms with van der Waals surface area (Å²) in [6.07, 6.45) is 1.89.